The molecule has 2 aliphatic rings. The SMILES string of the molecule is CN=C(NCC1CCCN1Cc1ccccc1)NC1CCc2ncnn2C1.I. The summed E-state index contributed by atoms with van der Waals surface area (Å²) in [6.45, 7) is 3.97. The minimum Gasteiger partial charge on any atom is -0.355 e. The number of aliphatic imine (C=N–C) groups is 1. The fraction of sp³-hybridized carbons (Fsp3) is 0.550. The number of fused-ring (bicyclic) bond motifs is 1. The van der Waals surface area contributed by atoms with Crippen molar-refractivity contribution in [3.8, 4) is 0 Å². The number of aryl methyl sites for hydroxylation is 1. The lowest BCUT2D eigenvalue weighted by Gasteiger charge is -2.28. The molecule has 0 spiro atoms. The van der Waals surface area contributed by atoms with Crippen LogP contribution in [0.3, 0.4) is 0 Å². The van der Waals surface area contributed by atoms with E-state index in [1.165, 1.54) is 24.9 Å². The van der Waals surface area contributed by atoms with Gasteiger partial charge in [0.25, 0.3) is 0 Å². The summed E-state index contributed by atoms with van der Waals surface area (Å²) in [4.78, 5) is 11.3. The average molecular weight is 495 g/mol. The predicted octanol–water partition coefficient (Wildman–Crippen LogP) is 2.04. The summed E-state index contributed by atoms with van der Waals surface area (Å²) in [6, 6.07) is 11.6. The Kier molecular flexibility index (Phi) is 7.66. The molecule has 4 rings (SSSR count). The lowest BCUT2D eigenvalue weighted by atomic mass is 10.1. The van der Waals surface area contributed by atoms with Gasteiger partial charge in [0.05, 0.1) is 6.54 Å². The molecule has 0 saturated carbocycles. The third-order valence-corrected chi connectivity index (χ3v) is 5.60. The highest BCUT2D eigenvalue weighted by Gasteiger charge is 2.25. The lowest BCUT2D eigenvalue weighted by Crippen LogP contribution is -2.49. The van der Waals surface area contributed by atoms with E-state index in [0.29, 0.717) is 12.1 Å². The summed E-state index contributed by atoms with van der Waals surface area (Å²) >= 11 is 0. The number of halogens is 1. The summed E-state index contributed by atoms with van der Waals surface area (Å²) in [7, 11) is 1.84. The van der Waals surface area contributed by atoms with Gasteiger partial charge in [0.1, 0.15) is 12.2 Å². The highest BCUT2D eigenvalue weighted by Crippen LogP contribution is 2.19. The summed E-state index contributed by atoms with van der Waals surface area (Å²) in [5, 5.41) is 11.4. The number of likely N-dealkylation sites (tertiary alicyclic amines) is 1. The van der Waals surface area contributed by atoms with Gasteiger partial charge in [-0.05, 0) is 31.4 Å². The minimum atomic E-state index is 0. The molecule has 0 radical (unpaired) electrons. The average Bonchev–Trinajstić information content (AvgIpc) is 3.34. The van der Waals surface area contributed by atoms with E-state index in [1.54, 1.807) is 6.33 Å². The van der Waals surface area contributed by atoms with E-state index in [0.717, 1.165) is 44.3 Å². The van der Waals surface area contributed by atoms with Crippen LogP contribution in [0, 0.1) is 0 Å². The van der Waals surface area contributed by atoms with Crippen LogP contribution in [-0.2, 0) is 19.5 Å². The van der Waals surface area contributed by atoms with Crippen LogP contribution in [0.25, 0.3) is 0 Å². The second kappa shape index (κ2) is 10.2. The minimum absolute atomic E-state index is 0. The third kappa shape index (κ3) is 5.22. The van der Waals surface area contributed by atoms with Crippen LogP contribution in [0.5, 0.6) is 0 Å². The van der Waals surface area contributed by atoms with Gasteiger partial charge in [0, 0.05) is 38.6 Å². The first-order chi connectivity index (χ1) is 13.3. The molecular weight excluding hydrogens is 465 g/mol. The third-order valence-electron chi connectivity index (χ3n) is 5.60. The first-order valence-corrected chi connectivity index (χ1v) is 9.93. The van der Waals surface area contributed by atoms with E-state index in [4.69, 9.17) is 0 Å². The van der Waals surface area contributed by atoms with Crippen molar-refractivity contribution in [2.24, 2.45) is 4.99 Å². The molecule has 3 heterocycles. The molecule has 0 amide bonds. The van der Waals surface area contributed by atoms with Gasteiger partial charge in [-0.3, -0.25) is 9.89 Å². The highest BCUT2D eigenvalue weighted by atomic mass is 127. The van der Waals surface area contributed by atoms with E-state index >= 15 is 0 Å². The Morgan fingerprint density at radius 1 is 1.25 bits per heavy atom. The Morgan fingerprint density at radius 3 is 2.93 bits per heavy atom. The second-order valence-electron chi connectivity index (χ2n) is 7.44. The molecule has 0 bridgehead atoms. The monoisotopic (exact) mass is 495 g/mol. The molecule has 28 heavy (non-hydrogen) atoms. The van der Waals surface area contributed by atoms with E-state index in [2.05, 4.69) is 60.9 Å². The molecule has 152 valence electrons. The molecule has 8 heteroatoms. The van der Waals surface area contributed by atoms with Crippen LogP contribution in [0.2, 0.25) is 0 Å². The van der Waals surface area contributed by atoms with E-state index < -0.39 is 0 Å². The van der Waals surface area contributed by atoms with Crippen LogP contribution >= 0.6 is 24.0 Å². The van der Waals surface area contributed by atoms with Crippen LogP contribution in [0.15, 0.2) is 41.7 Å². The maximum absolute atomic E-state index is 4.43. The summed E-state index contributed by atoms with van der Waals surface area (Å²) in [6.07, 6.45) is 6.17. The Balaban J connectivity index is 0.00000225. The molecule has 1 fully saturated rings. The molecule has 2 atom stereocenters. The van der Waals surface area contributed by atoms with Gasteiger partial charge in [0.2, 0.25) is 0 Å². The van der Waals surface area contributed by atoms with Gasteiger partial charge in [-0.2, -0.15) is 5.10 Å². The zero-order valence-corrected chi connectivity index (χ0v) is 18.8. The van der Waals surface area contributed by atoms with Crippen molar-refractivity contribution in [1.29, 1.82) is 0 Å². The maximum atomic E-state index is 4.43. The molecule has 2 aromatic rings. The highest BCUT2D eigenvalue weighted by molar-refractivity contribution is 14.0. The quantitative estimate of drug-likeness (QED) is 0.378. The van der Waals surface area contributed by atoms with Gasteiger partial charge in [-0.25, -0.2) is 9.67 Å². The number of benzene rings is 1. The first-order valence-electron chi connectivity index (χ1n) is 9.93. The van der Waals surface area contributed by atoms with Crippen LogP contribution in [0.4, 0.5) is 0 Å². The van der Waals surface area contributed by atoms with Crippen molar-refractivity contribution >= 4 is 29.9 Å². The number of rotatable bonds is 5. The number of guanidine groups is 1. The van der Waals surface area contributed by atoms with Gasteiger partial charge < -0.3 is 10.6 Å². The zero-order chi connectivity index (χ0) is 18.5. The Morgan fingerprint density at radius 2 is 2.11 bits per heavy atom. The largest absolute Gasteiger partial charge is 0.355 e. The Bertz CT molecular complexity index is 761. The molecule has 2 N–H and O–H groups in total. The standard InChI is InChI=1S/C20H29N7.HI/c1-21-20(25-17-9-10-19-23-15-24-27(19)14-17)22-12-18-8-5-11-26(18)13-16-6-3-2-4-7-16;/h2-4,6-7,15,17-18H,5,8-14H2,1H3,(H2,21,22,25);1H. The lowest BCUT2D eigenvalue weighted by molar-refractivity contribution is 0.245. The van der Waals surface area contributed by atoms with Crippen molar-refractivity contribution in [2.45, 2.75) is 50.9 Å². The molecular formula is C20H30IN7. The fourth-order valence-corrected chi connectivity index (χ4v) is 4.11. The topological polar surface area (TPSA) is 70.4 Å². The van der Waals surface area contributed by atoms with Gasteiger partial charge >= 0.3 is 0 Å². The summed E-state index contributed by atoms with van der Waals surface area (Å²) < 4.78 is 1.99. The van der Waals surface area contributed by atoms with Gasteiger partial charge in [0.15, 0.2) is 5.96 Å². The Labute approximate surface area is 184 Å². The van der Waals surface area contributed by atoms with Crippen molar-refractivity contribution < 1.29 is 0 Å². The smallest absolute Gasteiger partial charge is 0.191 e. The molecule has 0 aliphatic carbocycles. The molecule has 1 saturated heterocycles. The molecule has 2 unspecified atom stereocenters. The number of hydrogen-bond acceptors (Lipinski definition) is 4. The van der Waals surface area contributed by atoms with Crippen molar-refractivity contribution in [3.05, 3.63) is 48.0 Å². The molecule has 2 aliphatic heterocycles. The van der Waals surface area contributed by atoms with Crippen molar-refractivity contribution in [3.63, 3.8) is 0 Å². The van der Waals surface area contributed by atoms with Crippen LogP contribution in [-0.4, -0.2) is 57.8 Å². The first kappa shape index (κ1) is 21.0. The normalized spacial score (nSPS) is 22.4. The number of nitrogens with zero attached hydrogens (tertiary/aromatic N) is 5. The number of nitrogens with one attached hydrogen (secondary N) is 2. The van der Waals surface area contributed by atoms with Gasteiger partial charge in [-0.1, -0.05) is 30.3 Å². The van der Waals surface area contributed by atoms with Crippen LogP contribution < -0.4 is 10.6 Å². The van der Waals surface area contributed by atoms with E-state index in [1.807, 2.05) is 11.7 Å². The molecule has 1 aromatic carbocycles. The van der Waals surface area contributed by atoms with Crippen molar-refractivity contribution in [2.75, 3.05) is 20.1 Å². The van der Waals surface area contributed by atoms with Crippen molar-refractivity contribution in [1.82, 2.24) is 30.3 Å². The predicted molar refractivity (Wildman–Crippen MR) is 122 cm³/mol. The zero-order valence-electron chi connectivity index (χ0n) is 16.4. The summed E-state index contributed by atoms with van der Waals surface area (Å²) in [5.41, 5.74) is 1.39. The Hall–Kier alpha value is -1.68. The number of hydrogen-bond donors (Lipinski definition) is 2. The second-order valence-corrected chi connectivity index (χ2v) is 7.44. The summed E-state index contributed by atoms with van der Waals surface area (Å²) in [5.74, 6) is 1.97. The van der Waals surface area contributed by atoms with Gasteiger partial charge in [-0.15, -0.1) is 24.0 Å². The van der Waals surface area contributed by atoms with E-state index in [9.17, 15) is 0 Å². The maximum Gasteiger partial charge on any atom is 0.191 e. The van der Waals surface area contributed by atoms with Crippen LogP contribution in [0.1, 0.15) is 30.7 Å². The molecule has 1 aromatic heterocycles. The molecule has 7 nitrogen and oxygen atoms in total. The number of aromatic nitrogens is 3. The fourth-order valence-electron chi connectivity index (χ4n) is 4.11. The van der Waals surface area contributed by atoms with E-state index in [-0.39, 0.29) is 24.0 Å².